The van der Waals surface area contributed by atoms with E-state index in [1.165, 1.54) is 13.2 Å². The van der Waals surface area contributed by atoms with Crippen molar-refractivity contribution in [3.05, 3.63) is 65.4 Å². The van der Waals surface area contributed by atoms with Gasteiger partial charge in [0.05, 0.1) is 30.9 Å². The van der Waals surface area contributed by atoms with Gasteiger partial charge < -0.3 is 20.1 Å². The van der Waals surface area contributed by atoms with Gasteiger partial charge in [-0.25, -0.2) is 22.0 Å². The number of fused-ring (bicyclic) bond motifs is 1. The molecule has 1 aliphatic heterocycles. The molecule has 2 heterocycles. The normalized spacial score (nSPS) is 16.3. The van der Waals surface area contributed by atoms with Gasteiger partial charge in [-0.05, 0) is 62.4 Å². The highest BCUT2D eigenvalue weighted by Gasteiger charge is 2.37. The van der Waals surface area contributed by atoms with Crippen LogP contribution in [0.2, 0.25) is 0 Å². The Morgan fingerprint density at radius 1 is 1.15 bits per heavy atom. The third-order valence-corrected chi connectivity index (χ3v) is 7.49. The van der Waals surface area contributed by atoms with Crippen molar-refractivity contribution < 1.29 is 36.6 Å². The summed E-state index contributed by atoms with van der Waals surface area (Å²) in [6, 6.07) is 6.17. The highest BCUT2D eigenvalue weighted by atomic mass is 19.2. The number of methoxy groups -OCH3 is 1. The fraction of sp³-hybridized carbons (Fsp3) is 0.429. The first-order valence-corrected chi connectivity index (χ1v) is 12.7. The van der Waals surface area contributed by atoms with E-state index in [2.05, 4.69) is 10.3 Å². The average Bonchev–Trinajstić information content (AvgIpc) is 2.90. The topological polar surface area (TPSA) is 74.7 Å². The van der Waals surface area contributed by atoms with E-state index in [4.69, 9.17) is 4.74 Å². The molecule has 3 aromatic rings. The van der Waals surface area contributed by atoms with Crippen LogP contribution in [0.3, 0.4) is 0 Å². The zero-order valence-corrected chi connectivity index (χ0v) is 21.5. The summed E-state index contributed by atoms with van der Waals surface area (Å²) >= 11 is 0. The second-order valence-electron chi connectivity index (χ2n) is 10.00. The minimum absolute atomic E-state index is 0.0630. The Bertz CT molecular complexity index is 1330. The first kappa shape index (κ1) is 28.5. The van der Waals surface area contributed by atoms with Crippen molar-refractivity contribution in [2.45, 2.75) is 38.3 Å². The van der Waals surface area contributed by atoms with Crippen LogP contribution >= 0.6 is 0 Å². The molecule has 0 aliphatic carbocycles. The van der Waals surface area contributed by atoms with Crippen molar-refractivity contribution in [2.75, 3.05) is 38.6 Å². The molecular weight excluding hydrogens is 521 g/mol. The molecule has 2 N–H and O–H groups in total. The molecule has 6 nitrogen and oxygen atoms in total. The number of benzene rings is 2. The predicted octanol–water partition coefficient (Wildman–Crippen LogP) is 6.26. The van der Waals surface area contributed by atoms with Gasteiger partial charge in [-0.3, -0.25) is 9.78 Å². The highest BCUT2D eigenvalue weighted by Crippen LogP contribution is 2.43. The molecule has 0 radical (unpaired) electrons. The Morgan fingerprint density at radius 2 is 1.90 bits per heavy atom. The van der Waals surface area contributed by atoms with Crippen LogP contribution < -0.4 is 10.1 Å². The molecule has 1 aromatic heterocycles. The summed E-state index contributed by atoms with van der Waals surface area (Å²) in [4.78, 5) is 17.7. The summed E-state index contributed by atoms with van der Waals surface area (Å²) in [6.45, 7) is 1.67. The lowest BCUT2D eigenvalue weighted by molar-refractivity contribution is -0.141. The summed E-state index contributed by atoms with van der Waals surface area (Å²) < 4.78 is 76.1. The maximum absolute atomic E-state index is 15.6. The van der Waals surface area contributed by atoms with Crippen molar-refractivity contribution in [3.8, 4) is 5.75 Å². The van der Waals surface area contributed by atoms with E-state index < -0.39 is 40.8 Å². The standard InChI is InChI=1S/C28H30F5N3O3/c1-39-18-2-3-23-19(14-18)26(22(32)16-35-23)20(30)4-5-28(15-25(37)38)6-9-36(10-7-28)11-8-34-24-13-17(29)12-21(31)27(24)33/h2-3,12-14,16,20,34H,4-11,15H2,1H3,(H,37,38). The van der Waals surface area contributed by atoms with Gasteiger partial charge in [0.2, 0.25) is 0 Å². The molecule has 1 fully saturated rings. The van der Waals surface area contributed by atoms with Crippen LogP contribution in [0.15, 0.2) is 36.5 Å². The summed E-state index contributed by atoms with van der Waals surface area (Å²) in [5, 5.41) is 12.6. The number of anilines is 1. The molecule has 210 valence electrons. The number of ether oxygens (including phenoxy) is 1. The van der Waals surface area contributed by atoms with Crippen molar-refractivity contribution in [3.63, 3.8) is 0 Å². The Labute approximate surface area is 222 Å². The number of hydrogen-bond acceptors (Lipinski definition) is 5. The minimum atomic E-state index is -1.67. The smallest absolute Gasteiger partial charge is 0.303 e. The molecule has 1 unspecified atom stereocenters. The van der Waals surface area contributed by atoms with Gasteiger partial charge in [-0.1, -0.05) is 0 Å². The highest BCUT2D eigenvalue weighted by molar-refractivity contribution is 5.84. The van der Waals surface area contributed by atoms with E-state index in [1.54, 1.807) is 12.1 Å². The third-order valence-electron chi connectivity index (χ3n) is 7.49. The quantitative estimate of drug-likeness (QED) is 0.217. The van der Waals surface area contributed by atoms with Crippen LogP contribution in [0.4, 0.5) is 27.6 Å². The van der Waals surface area contributed by atoms with Gasteiger partial charge in [0.15, 0.2) is 11.6 Å². The monoisotopic (exact) mass is 551 g/mol. The lowest BCUT2D eigenvalue weighted by Gasteiger charge is -2.41. The summed E-state index contributed by atoms with van der Waals surface area (Å²) in [5.74, 6) is -4.65. The molecule has 11 heteroatoms. The second-order valence-corrected chi connectivity index (χ2v) is 10.00. The van der Waals surface area contributed by atoms with E-state index in [9.17, 15) is 27.5 Å². The summed E-state index contributed by atoms with van der Waals surface area (Å²) in [5.41, 5.74) is -0.631. The molecule has 39 heavy (non-hydrogen) atoms. The molecule has 2 aromatic carbocycles. The van der Waals surface area contributed by atoms with Crippen molar-refractivity contribution in [2.24, 2.45) is 5.41 Å². The number of aromatic nitrogens is 1. The molecule has 0 amide bonds. The first-order valence-electron chi connectivity index (χ1n) is 12.7. The Kier molecular flexibility index (Phi) is 8.89. The first-order chi connectivity index (χ1) is 18.6. The number of halogens is 5. The van der Waals surface area contributed by atoms with Gasteiger partial charge in [0.25, 0.3) is 0 Å². The molecule has 1 atom stereocenters. The Hall–Kier alpha value is -3.47. The second kappa shape index (κ2) is 12.1. The van der Waals surface area contributed by atoms with E-state index in [0.717, 1.165) is 12.3 Å². The molecule has 0 saturated carbocycles. The van der Waals surface area contributed by atoms with Gasteiger partial charge in [-0.2, -0.15) is 0 Å². The predicted molar refractivity (Wildman–Crippen MR) is 137 cm³/mol. The molecule has 1 aliphatic rings. The van der Waals surface area contributed by atoms with Gasteiger partial charge in [0, 0.05) is 36.2 Å². The SMILES string of the molecule is COc1ccc2ncc(F)c(C(F)CCC3(CC(=O)O)CCN(CCNc4cc(F)cc(F)c4F)CC3)c2c1. The number of carboxylic acid groups (broad SMARTS) is 1. The number of carboxylic acids is 1. The van der Waals surface area contributed by atoms with Crippen LogP contribution in [0.1, 0.15) is 43.8 Å². The number of piperidine rings is 1. The van der Waals surface area contributed by atoms with Crippen LogP contribution in [-0.4, -0.2) is 54.2 Å². The number of hydrogen-bond donors (Lipinski definition) is 2. The lowest BCUT2D eigenvalue weighted by atomic mass is 9.71. The molecule has 0 spiro atoms. The van der Waals surface area contributed by atoms with E-state index >= 15 is 4.39 Å². The number of nitrogens with one attached hydrogen (secondary N) is 1. The van der Waals surface area contributed by atoms with Gasteiger partial charge in [-0.15, -0.1) is 0 Å². The lowest BCUT2D eigenvalue weighted by Crippen LogP contribution is -2.43. The van der Waals surface area contributed by atoms with Crippen molar-refractivity contribution >= 4 is 22.6 Å². The van der Waals surface area contributed by atoms with E-state index in [1.807, 2.05) is 4.90 Å². The molecule has 1 saturated heterocycles. The number of aliphatic carboxylic acids is 1. The Morgan fingerprint density at radius 3 is 2.59 bits per heavy atom. The van der Waals surface area contributed by atoms with Crippen molar-refractivity contribution in [1.29, 1.82) is 0 Å². The van der Waals surface area contributed by atoms with E-state index in [0.29, 0.717) is 55.2 Å². The number of alkyl halides is 1. The zero-order chi connectivity index (χ0) is 28.2. The third kappa shape index (κ3) is 6.76. The maximum Gasteiger partial charge on any atom is 0.303 e. The number of nitrogens with zero attached hydrogens (tertiary/aromatic N) is 2. The maximum atomic E-state index is 15.6. The molecule has 4 rings (SSSR count). The van der Waals surface area contributed by atoms with E-state index in [-0.39, 0.29) is 37.1 Å². The minimum Gasteiger partial charge on any atom is -0.497 e. The molecular formula is C28H30F5N3O3. The number of carbonyl (C=O) groups is 1. The zero-order valence-electron chi connectivity index (χ0n) is 21.5. The largest absolute Gasteiger partial charge is 0.497 e. The fourth-order valence-corrected chi connectivity index (χ4v) is 5.31. The number of likely N-dealkylation sites (tertiary alicyclic amines) is 1. The average molecular weight is 552 g/mol. The number of rotatable bonds is 11. The van der Waals surface area contributed by atoms with Crippen LogP contribution in [0.25, 0.3) is 10.9 Å². The van der Waals surface area contributed by atoms with Gasteiger partial charge in [0.1, 0.15) is 23.6 Å². The van der Waals surface area contributed by atoms with Crippen LogP contribution in [0, 0.1) is 28.7 Å². The molecule has 0 bridgehead atoms. The van der Waals surface area contributed by atoms with Crippen LogP contribution in [-0.2, 0) is 4.79 Å². The number of pyridine rings is 1. The Balaban J connectivity index is 1.39. The summed E-state index contributed by atoms with van der Waals surface area (Å²) in [6.07, 6.45) is 0.301. The summed E-state index contributed by atoms with van der Waals surface area (Å²) in [7, 11) is 1.46. The fourth-order valence-electron chi connectivity index (χ4n) is 5.31. The van der Waals surface area contributed by atoms with Crippen LogP contribution in [0.5, 0.6) is 5.75 Å². The van der Waals surface area contributed by atoms with Gasteiger partial charge >= 0.3 is 5.97 Å². The van der Waals surface area contributed by atoms with Crippen molar-refractivity contribution in [1.82, 2.24) is 9.88 Å².